The van der Waals surface area contributed by atoms with Crippen LogP contribution in [0.25, 0.3) is 0 Å². The largest absolute Gasteiger partial charge is 0.444 e. The average molecular weight is 245 g/mol. The Morgan fingerprint density at radius 1 is 1.28 bits per heavy atom. The molecular formula is C12H11N3O3. The first kappa shape index (κ1) is 11.8. The second kappa shape index (κ2) is 5.13. The highest BCUT2D eigenvalue weighted by molar-refractivity contribution is 5.70. The van der Waals surface area contributed by atoms with Crippen molar-refractivity contribution in [3.63, 3.8) is 0 Å². The average Bonchev–Trinajstić information content (AvgIpc) is 2.37. The van der Waals surface area contributed by atoms with Gasteiger partial charge in [-0.05, 0) is 11.6 Å². The standard InChI is InChI=1S/C12H11N3O3/c13-10-6-7-15(11(16)14-10)12(17)18-8-9-4-2-1-3-5-9/h1-7H,8H2,(H2,13,14,16). The molecule has 2 N–H and O–H groups in total. The molecule has 0 atom stereocenters. The van der Waals surface area contributed by atoms with Crippen molar-refractivity contribution in [3.8, 4) is 0 Å². The Labute approximate surface area is 103 Å². The lowest BCUT2D eigenvalue weighted by Crippen LogP contribution is -2.29. The van der Waals surface area contributed by atoms with Crippen molar-refractivity contribution in [1.29, 1.82) is 0 Å². The molecule has 0 fully saturated rings. The van der Waals surface area contributed by atoms with Gasteiger partial charge in [-0.15, -0.1) is 0 Å². The predicted molar refractivity (Wildman–Crippen MR) is 64.9 cm³/mol. The fourth-order valence-electron chi connectivity index (χ4n) is 1.34. The molecule has 0 bridgehead atoms. The normalized spacial score (nSPS) is 10.0. The number of anilines is 1. The molecule has 6 heteroatoms. The van der Waals surface area contributed by atoms with E-state index in [1.807, 2.05) is 30.3 Å². The number of nitrogens with zero attached hydrogens (tertiary/aromatic N) is 2. The fraction of sp³-hybridized carbons (Fsp3) is 0.0833. The third-order valence-corrected chi connectivity index (χ3v) is 2.23. The Morgan fingerprint density at radius 3 is 2.67 bits per heavy atom. The van der Waals surface area contributed by atoms with Crippen molar-refractivity contribution in [2.24, 2.45) is 0 Å². The molecule has 0 saturated carbocycles. The first-order valence-electron chi connectivity index (χ1n) is 5.23. The molecule has 1 aromatic carbocycles. The number of nitrogen functional groups attached to an aromatic ring is 1. The molecule has 0 aliphatic heterocycles. The molecule has 0 unspecified atom stereocenters. The maximum atomic E-state index is 11.6. The lowest BCUT2D eigenvalue weighted by molar-refractivity contribution is 0.140. The van der Waals surface area contributed by atoms with E-state index >= 15 is 0 Å². The quantitative estimate of drug-likeness (QED) is 0.853. The van der Waals surface area contributed by atoms with Crippen LogP contribution in [0.1, 0.15) is 5.56 Å². The zero-order valence-electron chi connectivity index (χ0n) is 9.45. The van der Waals surface area contributed by atoms with Gasteiger partial charge in [-0.3, -0.25) is 0 Å². The van der Waals surface area contributed by atoms with Gasteiger partial charge in [0.2, 0.25) is 0 Å². The molecule has 6 nitrogen and oxygen atoms in total. The van der Waals surface area contributed by atoms with E-state index in [1.54, 1.807) is 0 Å². The van der Waals surface area contributed by atoms with Crippen molar-refractivity contribution in [2.75, 3.05) is 5.73 Å². The Morgan fingerprint density at radius 2 is 2.00 bits per heavy atom. The highest BCUT2D eigenvalue weighted by atomic mass is 16.5. The summed E-state index contributed by atoms with van der Waals surface area (Å²) in [6, 6.07) is 10.5. The molecule has 1 aromatic heterocycles. The van der Waals surface area contributed by atoms with Crippen molar-refractivity contribution in [1.82, 2.24) is 9.55 Å². The number of carbonyl (C=O) groups excluding carboxylic acids is 1. The maximum absolute atomic E-state index is 11.6. The third kappa shape index (κ3) is 2.73. The van der Waals surface area contributed by atoms with Crippen LogP contribution in [0.4, 0.5) is 10.6 Å². The lowest BCUT2D eigenvalue weighted by atomic mass is 10.2. The first-order chi connectivity index (χ1) is 8.66. The van der Waals surface area contributed by atoms with Gasteiger partial charge < -0.3 is 10.5 Å². The van der Waals surface area contributed by atoms with Gasteiger partial charge in [0.1, 0.15) is 12.4 Å². The smallest absolute Gasteiger partial charge is 0.422 e. The van der Waals surface area contributed by atoms with Crippen molar-refractivity contribution in [2.45, 2.75) is 6.61 Å². The molecule has 1 heterocycles. The lowest BCUT2D eigenvalue weighted by Gasteiger charge is -2.05. The molecule has 18 heavy (non-hydrogen) atoms. The number of nitrogens with two attached hydrogens (primary N) is 1. The molecule has 0 spiro atoms. The van der Waals surface area contributed by atoms with Crippen LogP contribution in [0.5, 0.6) is 0 Å². The van der Waals surface area contributed by atoms with E-state index < -0.39 is 11.8 Å². The van der Waals surface area contributed by atoms with E-state index in [0.717, 1.165) is 10.1 Å². The number of hydrogen-bond acceptors (Lipinski definition) is 5. The van der Waals surface area contributed by atoms with E-state index in [1.165, 1.54) is 12.3 Å². The van der Waals surface area contributed by atoms with E-state index in [0.29, 0.717) is 0 Å². The molecule has 2 rings (SSSR count). The zero-order valence-corrected chi connectivity index (χ0v) is 9.45. The summed E-state index contributed by atoms with van der Waals surface area (Å²) in [6.45, 7) is 0.0937. The summed E-state index contributed by atoms with van der Waals surface area (Å²) in [6.07, 6.45) is 0.453. The Kier molecular flexibility index (Phi) is 3.38. The molecule has 0 saturated heterocycles. The van der Waals surface area contributed by atoms with Crippen molar-refractivity contribution < 1.29 is 9.53 Å². The van der Waals surface area contributed by atoms with Gasteiger partial charge in [-0.25, -0.2) is 14.2 Å². The molecule has 0 radical (unpaired) electrons. The monoisotopic (exact) mass is 245 g/mol. The highest BCUT2D eigenvalue weighted by Crippen LogP contribution is 2.01. The van der Waals surface area contributed by atoms with Gasteiger partial charge >= 0.3 is 11.8 Å². The van der Waals surface area contributed by atoms with Crippen LogP contribution in [0.3, 0.4) is 0 Å². The van der Waals surface area contributed by atoms with E-state index in [2.05, 4.69) is 4.98 Å². The molecule has 0 aliphatic rings. The van der Waals surface area contributed by atoms with E-state index in [-0.39, 0.29) is 12.4 Å². The molecule has 0 amide bonds. The van der Waals surface area contributed by atoms with Gasteiger partial charge in [0, 0.05) is 6.20 Å². The van der Waals surface area contributed by atoms with Crippen molar-refractivity contribution >= 4 is 11.9 Å². The van der Waals surface area contributed by atoms with Gasteiger partial charge in [-0.2, -0.15) is 4.98 Å². The zero-order chi connectivity index (χ0) is 13.0. The number of carbonyl (C=O) groups is 1. The van der Waals surface area contributed by atoms with Gasteiger partial charge in [0.05, 0.1) is 0 Å². The number of ether oxygens (including phenoxy) is 1. The third-order valence-electron chi connectivity index (χ3n) is 2.23. The van der Waals surface area contributed by atoms with Crippen LogP contribution in [-0.4, -0.2) is 15.6 Å². The van der Waals surface area contributed by atoms with Gasteiger partial charge in [0.25, 0.3) is 0 Å². The number of hydrogen-bond donors (Lipinski definition) is 1. The summed E-state index contributed by atoms with van der Waals surface area (Å²) in [5.74, 6) is 0.0621. The van der Waals surface area contributed by atoms with Crippen LogP contribution < -0.4 is 11.4 Å². The van der Waals surface area contributed by atoms with Crippen LogP contribution in [0.15, 0.2) is 47.4 Å². The molecular weight excluding hydrogens is 234 g/mol. The highest BCUT2D eigenvalue weighted by Gasteiger charge is 2.09. The van der Waals surface area contributed by atoms with Crippen molar-refractivity contribution in [3.05, 3.63) is 58.6 Å². The second-order valence-electron chi connectivity index (χ2n) is 3.55. The minimum Gasteiger partial charge on any atom is -0.444 e. The first-order valence-corrected chi connectivity index (χ1v) is 5.23. The number of rotatable bonds is 2. The van der Waals surface area contributed by atoms with E-state index in [9.17, 15) is 9.59 Å². The second-order valence-corrected chi connectivity index (χ2v) is 3.55. The molecule has 92 valence electrons. The molecule has 0 aliphatic carbocycles. The number of benzene rings is 1. The van der Waals surface area contributed by atoms with Gasteiger partial charge in [-0.1, -0.05) is 30.3 Å². The predicted octanol–water partition coefficient (Wildman–Crippen LogP) is 1.01. The van der Waals surface area contributed by atoms with Gasteiger partial charge in [0.15, 0.2) is 0 Å². The van der Waals surface area contributed by atoms with Crippen LogP contribution in [-0.2, 0) is 11.3 Å². The summed E-state index contributed by atoms with van der Waals surface area (Å²) >= 11 is 0. The topological polar surface area (TPSA) is 87.2 Å². The van der Waals surface area contributed by atoms with Crippen LogP contribution >= 0.6 is 0 Å². The molecule has 2 aromatic rings. The summed E-state index contributed by atoms with van der Waals surface area (Å²) in [4.78, 5) is 26.4. The SMILES string of the molecule is Nc1ccn(C(=O)OCc2ccccc2)c(=O)n1. The minimum absolute atomic E-state index is 0.0621. The number of aromatic nitrogens is 2. The minimum atomic E-state index is -0.781. The Hall–Kier alpha value is -2.63. The van der Waals surface area contributed by atoms with E-state index in [4.69, 9.17) is 10.5 Å². The summed E-state index contributed by atoms with van der Waals surface area (Å²) in [5.41, 5.74) is 5.40. The van der Waals surface area contributed by atoms with Crippen LogP contribution in [0, 0.1) is 0 Å². The maximum Gasteiger partial charge on any atom is 0.422 e. The summed E-state index contributed by atoms with van der Waals surface area (Å²) in [5, 5.41) is 0. The Balaban J connectivity index is 2.06. The fourth-order valence-corrected chi connectivity index (χ4v) is 1.34. The van der Waals surface area contributed by atoms with Crippen LogP contribution in [0.2, 0.25) is 0 Å². The summed E-state index contributed by atoms with van der Waals surface area (Å²) < 4.78 is 5.74. The Bertz CT molecular complexity index is 607. The summed E-state index contributed by atoms with van der Waals surface area (Å²) in [7, 11) is 0.